The highest BCUT2D eigenvalue weighted by atomic mass is 79.9. The molecule has 0 aromatic carbocycles. The number of rotatable bonds is 2. The second-order valence-electron chi connectivity index (χ2n) is 2.40. The fourth-order valence-corrected chi connectivity index (χ4v) is 1.39. The van der Waals surface area contributed by atoms with Gasteiger partial charge >= 0.3 is 0 Å². The number of halogens is 4. The van der Waals surface area contributed by atoms with Crippen LogP contribution in [0.5, 0.6) is 0 Å². The molecular weight excluding hydrogens is 261 g/mol. The third kappa shape index (κ3) is 2.04. The first-order valence-corrected chi connectivity index (χ1v) is 4.65. The van der Waals surface area contributed by atoms with E-state index in [1.807, 2.05) is 0 Å². The van der Waals surface area contributed by atoms with Crippen molar-refractivity contribution in [3.63, 3.8) is 0 Å². The molecule has 0 aliphatic carbocycles. The minimum absolute atomic E-state index is 0.0148. The topological polar surface area (TPSA) is 36.7 Å². The largest absolute Gasteiger partial charge is 0.268 e. The molecular formula is C8H4BrF3N2. The van der Waals surface area contributed by atoms with Crippen molar-refractivity contribution >= 4 is 15.9 Å². The van der Waals surface area contributed by atoms with E-state index < -0.39 is 17.8 Å². The molecule has 0 bridgehead atoms. The molecule has 0 N–H and O–H groups in total. The van der Waals surface area contributed by atoms with Gasteiger partial charge in [-0.25, -0.2) is 18.2 Å². The average molecular weight is 265 g/mol. The van der Waals surface area contributed by atoms with Gasteiger partial charge in [0.1, 0.15) is 17.6 Å². The highest BCUT2D eigenvalue weighted by Crippen LogP contribution is 2.26. The van der Waals surface area contributed by atoms with Crippen LogP contribution in [0.4, 0.5) is 13.2 Å². The maximum absolute atomic E-state index is 13.0. The predicted molar refractivity (Wildman–Crippen MR) is 46.5 cm³/mol. The van der Waals surface area contributed by atoms with Gasteiger partial charge in [0.15, 0.2) is 0 Å². The van der Waals surface area contributed by atoms with Gasteiger partial charge in [0, 0.05) is 11.4 Å². The van der Waals surface area contributed by atoms with Gasteiger partial charge in [-0.2, -0.15) is 5.26 Å². The Morgan fingerprint density at radius 3 is 2.64 bits per heavy atom. The van der Waals surface area contributed by atoms with Crippen LogP contribution in [0.15, 0.2) is 6.07 Å². The number of hydrogen-bond acceptors (Lipinski definition) is 2. The van der Waals surface area contributed by atoms with Crippen LogP contribution in [0.1, 0.15) is 23.4 Å². The van der Waals surface area contributed by atoms with Crippen molar-refractivity contribution in [3.05, 3.63) is 28.8 Å². The number of hydrogen-bond donors (Lipinski definition) is 0. The molecule has 1 rings (SSSR count). The van der Waals surface area contributed by atoms with Crippen LogP contribution >= 0.6 is 15.9 Å². The summed E-state index contributed by atoms with van der Waals surface area (Å²) in [6.45, 7) is 0. The molecule has 1 aromatic heterocycles. The Morgan fingerprint density at radius 1 is 1.57 bits per heavy atom. The van der Waals surface area contributed by atoms with Gasteiger partial charge in [-0.1, -0.05) is 15.9 Å². The fourth-order valence-electron chi connectivity index (χ4n) is 0.963. The lowest BCUT2D eigenvalue weighted by Gasteiger charge is -2.06. The van der Waals surface area contributed by atoms with E-state index in [4.69, 9.17) is 5.26 Å². The van der Waals surface area contributed by atoms with E-state index in [0.29, 0.717) is 6.07 Å². The first-order valence-electron chi connectivity index (χ1n) is 3.53. The Balaban J connectivity index is 3.36. The van der Waals surface area contributed by atoms with Gasteiger partial charge < -0.3 is 0 Å². The number of pyridine rings is 1. The fraction of sp³-hybridized carbons (Fsp3) is 0.250. The lowest BCUT2D eigenvalue weighted by atomic mass is 10.2. The highest BCUT2D eigenvalue weighted by molar-refractivity contribution is 9.08. The molecule has 0 spiro atoms. The van der Waals surface area contributed by atoms with Crippen LogP contribution in [-0.2, 0) is 5.33 Å². The van der Waals surface area contributed by atoms with E-state index in [0.717, 1.165) is 0 Å². The van der Waals surface area contributed by atoms with Gasteiger partial charge in [0.25, 0.3) is 6.43 Å². The van der Waals surface area contributed by atoms with Gasteiger partial charge in [-0.15, -0.1) is 0 Å². The van der Waals surface area contributed by atoms with E-state index in [-0.39, 0.29) is 16.7 Å². The summed E-state index contributed by atoms with van der Waals surface area (Å²) in [6.07, 6.45) is -2.93. The number of aromatic nitrogens is 1. The molecule has 0 aliphatic heterocycles. The molecule has 0 saturated carbocycles. The standard InChI is InChI=1S/C8H4BrF3N2/c9-2-6-7(8(11)12)5(10)1-4(3-13)14-6/h1,8H,2H2. The van der Waals surface area contributed by atoms with Crippen LogP contribution < -0.4 is 0 Å². The Hall–Kier alpha value is -1.09. The summed E-state index contributed by atoms with van der Waals surface area (Å²) in [5, 5.41) is 8.41. The molecule has 74 valence electrons. The molecule has 1 aromatic rings. The Bertz CT molecular complexity index is 387. The minimum atomic E-state index is -2.93. The zero-order valence-electron chi connectivity index (χ0n) is 6.77. The molecule has 0 amide bonds. The molecule has 0 saturated heterocycles. The van der Waals surface area contributed by atoms with Crippen molar-refractivity contribution in [2.45, 2.75) is 11.8 Å². The molecule has 0 aliphatic rings. The summed E-state index contributed by atoms with van der Waals surface area (Å²) >= 11 is 2.90. The maximum Gasteiger partial charge on any atom is 0.268 e. The molecule has 0 atom stereocenters. The van der Waals surface area contributed by atoms with Gasteiger partial charge in [-0.05, 0) is 0 Å². The second-order valence-corrected chi connectivity index (χ2v) is 2.96. The van der Waals surface area contributed by atoms with Crippen molar-refractivity contribution < 1.29 is 13.2 Å². The Labute approximate surface area is 86.5 Å². The Morgan fingerprint density at radius 2 is 2.21 bits per heavy atom. The summed E-state index contributed by atoms with van der Waals surface area (Å²) in [7, 11) is 0. The summed E-state index contributed by atoms with van der Waals surface area (Å²) < 4.78 is 37.7. The van der Waals surface area contributed by atoms with E-state index >= 15 is 0 Å². The van der Waals surface area contributed by atoms with Gasteiger partial charge in [-0.3, -0.25) is 0 Å². The predicted octanol–water partition coefficient (Wildman–Crippen LogP) is 2.92. The summed E-state index contributed by atoms with van der Waals surface area (Å²) in [4.78, 5) is 3.56. The minimum Gasteiger partial charge on any atom is -0.241 e. The first-order chi connectivity index (χ1) is 6.60. The van der Waals surface area contributed by atoms with Crippen molar-refractivity contribution in [1.29, 1.82) is 5.26 Å². The van der Waals surface area contributed by atoms with Gasteiger partial charge in [0.05, 0.1) is 11.3 Å². The van der Waals surface area contributed by atoms with Crippen LogP contribution in [0.25, 0.3) is 0 Å². The normalized spacial score (nSPS) is 10.3. The molecule has 0 unspecified atom stereocenters. The van der Waals surface area contributed by atoms with Crippen LogP contribution in [0.2, 0.25) is 0 Å². The second kappa shape index (κ2) is 4.42. The molecule has 6 heteroatoms. The molecule has 1 heterocycles. The third-order valence-electron chi connectivity index (χ3n) is 1.55. The van der Waals surface area contributed by atoms with E-state index in [1.165, 1.54) is 0 Å². The maximum atomic E-state index is 13.0. The SMILES string of the molecule is N#Cc1cc(F)c(C(F)F)c(CBr)n1. The zero-order chi connectivity index (χ0) is 10.7. The third-order valence-corrected chi connectivity index (χ3v) is 2.08. The first kappa shape index (κ1) is 11.0. The monoisotopic (exact) mass is 264 g/mol. The number of alkyl halides is 3. The summed E-state index contributed by atoms with van der Waals surface area (Å²) in [5.74, 6) is -1.10. The zero-order valence-corrected chi connectivity index (χ0v) is 8.35. The van der Waals surface area contributed by atoms with Crippen molar-refractivity contribution in [2.24, 2.45) is 0 Å². The lowest BCUT2D eigenvalue weighted by Crippen LogP contribution is -2.02. The molecule has 2 nitrogen and oxygen atoms in total. The molecule has 14 heavy (non-hydrogen) atoms. The lowest BCUT2D eigenvalue weighted by molar-refractivity contribution is 0.145. The van der Waals surface area contributed by atoms with E-state index in [2.05, 4.69) is 20.9 Å². The van der Waals surface area contributed by atoms with Gasteiger partial charge in [0.2, 0.25) is 0 Å². The van der Waals surface area contributed by atoms with Crippen molar-refractivity contribution in [2.75, 3.05) is 0 Å². The van der Waals surface area contributed by atoms with Crippen molar-refractivity contribution in [1.82, 2.24) is 4.98 Å². The quantitative estimate of drug-likeness (QED) is 0.771. The highest BCUT2D eigenvalue weighted by Gasteiger charge is 2.20. The van der Waals surface area contributed by atoms with Crippen molar-refractivity contribution in [3.8, 4) is 6.07 Å². The van der Waals surface area contributed by atoms with Crippen LogP contribution in [0, 0.1) is 17.1 Å². The molecule has 0 fully saturated rings. The van der Waals surface area contributed by atoms with E-state index in [9.17, 15) is 13.2 Å². The van der Waals surface area contributed by atoms with E-state index in [1.54, 1.807) is 6.07 Å². The Kier molecular flexibility index (Phi) is 3.47. The number of nitrogens with zero attached hydrogens (tertiary/aromatic N) is 2. The number of nitriles is 1. The van der Waals surface area contributed by atoms with Crippen LogP contribution in [0.3, 0.4) is 0 Å². The summed E-state index contributed by atoms with van der Waals surface area (Å²) in [5.41, 5.74) is -1.10. The smallest absolute Gasteiger partial charge is 0.241 e. The summed E-state index contributed by atoms with van der Waals surface area (Å²) in [6, 6.07) is 2.29. The van der Waals surface area contributed by atoms with Crippen LogP contribution in [-0.4, -0.2) is 4.98 Å². The molecule has 0 radical (unpaired) electrons. The average Bonchev–Trinajstić information content (AvgIpc) is 2.15.